The van der Waals surface area contributed by atoms with Crippen molar-refractivity contribution >= 4 is 5.91 Å². The quantitative estimate of drug-likeness (QED) is 0.929. The largest absolute Gasteiger partial charge is 0.336 e. The zero-order chi connectivity index (χ0) is 16.3. The Hall–Kier alpha value is -1.86. The molecule has 0 saturated heterocycles. The van der Waals surface area contributed by atoms with E-state index in [9.17, 15) is 10.1 Å². The molecular formula is C18H25N3O. The molecule has 0 spiro atoms. The van der Waals surface area contributed by atoms with Crippen LogP contribution >= 0.6 is 0 Å². The summed E-state index contributed by atoms with van der Waals surface area (Å²) < 4.78 is 0. The predicted molar refractivity (Wildman–Crippen MR) is 87.0 cm³/mol. The van der Waals surface area contributed by atoms with Gasteiger partial charge in [-0.2, -0.15) is 5.26 Å². The normalized spacial score (nSPS) is 18.9. The standard InChI is InChI=1S/C18H25N3O/c1-13(2)18(4,12-19)20-17(22)14(3)21-10-9-15-7-5-6-8-16(15)11-21/h5-8,13-14H,9-11H2,1-4H3,(H,20,22). The van der Waals surface area contributed by atoms with Crippen LogP contribution in [0.15, 0.2) is 24.3 Å². The van der Waals surface area contributed by atoms with Crippen LogP contribution in [0.4, 0.5) is 0 Å². The summed E-state index contributed by atoms with van der Waals surface area (Å²) in [7, 11) is 0. The molecule has 1 N–H and O–H groups in total. The van der Waals surface area contributed by atoms with Crippen LogP contribution in [0.3, 0.4) is 0 Å². The zero-order valence-electron chi connectivity index (χ0n) is 13.9. The van der Waals surface area contributed by atoms with E-state index in [1.807, 2.05) is 26.8 Å². The van der Waals surface area contributed by atoms with Crippen LogP contribution < -0.4 is 5.32 Å². The summed E-state index contributed by atoms with van der Waals surface area (Å²) in [6.45, 7) is 9.26. The van der Waals surface area contributed by atoms with Crippen LogP contribution in [0.2, 0.25) is 0 Å². The molecule has 22 heavy (non-hydrogen) atoms. The molecule has 0 bridgehead atoms. The fraction of sp³-hybridized carbons (Fsp3) is 0.556. The highest BCUT2D eigenvalue weighted by molar-refractivity contribution is 5.82. The topological polar surface area (TPSA) is 56.1 Å². The average molecular weight is 299 g/mol. The molecule has 1 amide bonds. The van der Waals surface area contributed by atoms with Gasteiger partial charge in [-0.3, -0.25) is 9.69 Å². The van der Waals surface area contributed by atoms with Gasteiger partial charge in [0.05, 0.1) is 12.1 Å². The number of hydrogen-bond donors (Lipinski definition) is 1. The fourth-order valence-electron chi connectivity index (χ4n) is 2.68. The number of nitrogens with one attached hydrogen (secondary N) is 1. The summed E-state index contributed by atoms with van der Waals surface area (Å²) in [4.78, 5) is 14.7. The molecule has 0 saturated carbocycles. The zero-order valence-corrected chi connectivity index (χ0v) is 13.9. The molecule has 1 heterocycles. The molecule has 1 aliphatic heterocycles. The van der Waals surface area contributed by atoms with E-state index in [1.165, 1.54) is 11.1 Å². The molecule has 0 radical (unpaired) electrons. The van der Waals surface area contributed by atoms with E-state index in [0.29, 0.717) is 0 Å². The molecule has 0 aromatic heterocycles. The SMILES string of the molecule is CC(C(=O)NC(C)(C#N)C(C)C)N1CCc2ccccc2C1. The van der Waals surface area contributed by atoms with Crippen LogP contribution in [0.25, 0.3) is 0 Å². The van der Waals surface area contributed by atoms with Crippen LogP contribution in [-0.4, -0.2) is 28.9 Å². The maximum absolute atomic E-state index is 12.5. The van der Waals surface area contributed by atoms with Gasteiger partial charge in [0, 0.05) is 13.1 Å². The Labute approximate surface area is 133 Å². The van der Waals surface area contributed by atoms with E-state index >= 15 is 0 Å². The van der Waals surface area contributed by atoms with Gasteiger partial charge in [0.25, 0.3) is 0 Å². The first kappa shape index (κ1) is 16.5. The number of nitriles is 1. The monoisotopic (exact) mass is 299 g/mol. The van der Waals surface area contributed by atoms with Crippen molar-refractivity contribution in [2.45, 2.75) is 52.2 Å². The summed E-state index contributed by atoms with van der Waals surface area (Å²) in [5.41, 5.74) is 1.84. The second-order valence-corrected chi connectivity index (χ2v) is 6.62. The van der Waals surface area contributed by atoms with Crippen molar-refractivity contribution in [3.63, 3.8) is 0 Å². The van der Waals surface area contributed by atoms with Gasteiger partial charge in [-0.15, -0.1) is 0 Å². The smallest absolute Gasteiger partial charge is 0.238 e. The van der Waals surface area contributed by atoms with Gasteiger partial charge in [-0.25, -0.2) is 0 Å². The Morgan fingerprint density at radius 2 is 1.95 bits per heavy atom. The third-order valence-electron chi connectivity index (χ3n) is 4.86. The lowest BCUT2D eigenvalue weighted by Crippen LogP contribution is -2.55. The summed E-state index contributed by atoms with van der Waals surface area (Å²) in [6, 6.07) is 10.4. The van der Waals surface area contributed by atoms with Crippen molar-refractivity contribution in [2.75, 3.05) is 6.54 Å². The lowest BCUT2D eigenvalue weighted by molar-refractivity contribution is -0.127. The summed E-state index contributed by atoms with van der Waals surface area (Å²) in [5.74, 6) is -0.00661. The third kappa shape index (κ3) is 3.31. The molecule has 0 fully saturated rings. The molecule has 2 unspecified atom stereocenters. The van der Waals surface area contributed by atoms with Gasteiger partial charge in [0.2, 0.25) is 5.91 Å². The van der Waals surface area contributed by atoms with Crippen molar-refractivity contribution < 1.29 is 4.79 Å². The minimum Gasteiger partial charge on any atom is -0.336 e. The first-order valence-corrected chi connectivity index (χ1v) is 7.91. The van der Waals surface area contributed by atoms with Crippen molar-refractivity contribution in [2.24, 2.45) is 5.92 Å². The number of carbonyl (C=O) groups is 1. The molecule has 2 atom stereocenters. The lowest BCUT2D eigenvalue weighted by atomic mass is 9.89. The number of amides is 1. The van der Waals surface area contributed by atoms with E-state index in [-0.39, 0.29) is 17.9 Å². The third-order valence-corrected chi connectivity index (χ3v) is 4.86. The summed E-state index contributed by atoms with van der Waals surface area (Å²) in [5, 5.41) is 12.3. The van der Waals surface area contributed by atoms with Crippen molar-refractivity contribution in [1.29, 1.82) is 5.26 Å². The number of carbonyl (C=O) groups excluding carboxylic acids is 1. The molecule has 2 rings (SSSR count). The Balaban J connectivity index is 2.05. The molecule has 1 aliphatic rings. The van der Waals surface area contributed by atoms with Crippen molar-refractivity contribution in [3.05, 3.63) is 35.4 Å². The van der Waals surface area contributed by atoms with Gasteiger partial charge in [-0.05, 0) is 37.3 Å². The van der Waals surface area contributed by atoms with E-state index < -0.39 is 5.54 Å². The fourth-order valence-corrected chi connectivity index (χ4v) is 2.68. The van der Waals surface area contributed by atoms with Gasteiger partial charge >= 0.3 is 0 Å². The van der Waals surface area contributed by atoms with Crippen molar-refractivity contribution in [1.82, 2.24) is 10.2 Å². The molecule has 1 aromatic carbocycles. The molecule has 1 aromatic rings. The summed E-state index contributed by atoms with van der Waals surface area (Å²) >= 11 is 0. The van der Waals surface area contributed by atoms with Crippen LogP contribution in [0, 0.1) is 17.2 Å². The second-order valence-electron chi connectivity index (χ2n) is 6.62. The van der Waals surface area contributed by atoms with Gasteiger partial charge < -0.3 is 5.32 Å². The Kier molecular flexibility index (Phi) is 4.87. The lowest BCUT2D eigenvalue weighted by Gasteiger charge is -2.35. The van der Waals surface area contributed by atoms with Gasteiger partial charge in [0.1, 0.15) is 5.54 Å². The Bertz CT molecular complexity index is 590. The first-order valence-electron chi connectivity index (χ1n) is 7.91. The molecule has 118 valence electrons. The van der Waals surface area contributed by atoms with E-state index in [0.717, 1.165) is 19.5 Å². The number of fused-ring (bicyclic) bond motifs is 1. The maximum atomic E-state index is 12.5. The highest BCUT2D eigenvalue weighted by Crippen LogP contribution is 2.21. The highest BCUT2D eigenvalue weighted by Gasteiger charge is 2.33. The van der Waals surface area contributed by atoms with Crippen LogP contribution in [-0.2, 0) is 17.8 Å². The predicted octanol–water partition coefficient (Wildman–Crippen LogP) is 2.49. The van der Waals surface area contributed by atoms with Gasteiger partial charge in [0.15, 0.2) is 0 Å². The molecule has 4 heteroatoms. The van der Waals surface area contributed by atoms with Crippen LogP contribution in [0.1, 0.15) is 38.8 Å². The maximum Gasteiger partial charge on any atom is 0.238 e. The van der Waals surface area contributed by atoms with E-state index in [2.05, 4.69) is 34.5 Å². The first-order chi connectivity index (χ1) is 10.4. The molecule has 0 aliphatic carbocycles. The summed E-state index contributed by atoms with van der Waals surface area (Å²) in [6.07, 6.45) is 0.966. The van der Waals surface area contributed by atoms with E-state index in [1.54, 1.807) is 6.92 Å². The van der Waals surface area contributed by atoms with Gasteiger partial charge in [-0.1, -0.05) is 38.1 Å². The number of hydrogen-bond acceptors (Lipinski definition) is 3. The second kappa shape index (κ2) is 6.50. The van der Waals surface area contributed by atoms with Crippen LogP contribution in [0.5, 0.6) is 0 Å². The number of nitrogens with zero attached hydrogens (tertiary/aromatic N) is 2. The average Bonchev–Trinajstić information content (AvgIpc) is 2.53. The molecule has 4 nitrogen and oxygen atoms in total. The minimum absolute atomic E-state index is 0.0655. The van der Waals surface area contributed by atoms with E-state index in [4.69, 9.17) is 0 Å². The Morgan fingerprint density at radius 1 is 1.32 bits per heavy atom. The number of rotatable bonds is 4. The minimum atomic E-state index is -0.820. The Morgan fingerprint density at radius 3 is 2.55 bits per heavy atom. The molecular weight excluding hydrogens is 274 g/mol. The highest BCUT2D eigenvalue weighted by atomic mass is 16.2. The van der Waals surface area contributed by atoms with Crippen molar-refractivity contribution in [3.8, 4) is 6.07 Å². The number of benzene rings is 1.